The van der Waals surface area contributed by atoms with Crippen LogP contribution in [0.15, 0.2) is 12.1 Å². The van der Waals surface area contributed by atoms with Gasteiger partial charge in [-0.15, -0.1) is 0 Å². The lowest BCUT2D eigenvalue weighted by Crippen LogP contribution is -2.34. The summed E-state index contributed by atoms with van der Waals surface area (Å²) in [4.78, 5) is 0. The minimum Gasteiger partial charge on any atom is -0.397 e. The Kier molecular flexibility index (Phi) is 2.52. The molecule has 0 spiro atoms. The Bertz CT molecular complexity index is 351. The number of hydrogen-bond acceptors (Lipinski definition) is 3. The lowest BCUT2D eigenvalue weighted by Gasteiger charge is -2.21. The van der Waals surface area contributed by atoms with Gasteiger partial charge in [0.25, 0.3) is 0 Å². The summed E-state index contributed by atoms with van der Waals surface area (Å²) >= 11 is 0. The summed E-state index contributed by atoms with van der Waals surface area (Å²) in [5.41, 5.74) is 7.31. The Morgan fingerprint density at radius 3 is 2.67 bits per heavy atom. The summed E-state index contributed by atoms with van der Waals surface area (Å²) in [5, 5.41) is 1.43. The Morgan fingerprint density at radius 2 is 2.13 bits per heavy atom. The normalized spacial score (nSPS) is 15.4. The van der Waals surface area contributed by atoms with Crippen molar-refractivity contribution in [2.75, 3.05) is 17.3 Å². The van der Waals surface area contributed by atoms with Gasteiger partial charge in [0, 0.05) is 6.54 Å². The van der Waals surface area contributed by atoms with Gasteiger partial charge in [-0.25, -0.2) is 10.2 Å². The van der Waals surface area contributed by atoms with Crippen LogP contribution in [-0.2, 0) is 0 Å². The number of aryl methyl sites for hydroxylation is 1. The Hall–Kier alpha value is -1.29. The highest BCUT2D eigenvalue weighted by atomic mass is 19.1. The van der Waals surface area contributed by atoms with Gasteiger partial charge in [-0.1, -0.05) is 0 Å². The van der Waals surface area contributed by atoms with Crippen LogP contribution in [0.1, 0.15) is 18.4 Å². The van der Waals surface area contributed by atoms with E-state index in [9.17, 15) is 4.39 Å². The second kappa shape index (κ2) is 3.70. The fraction of sp³-hybridized carbons (Fsp3) is 0.455. The number of nitrogen functional groups attached to an aromatic ring is 1. The lowest BCUT2D eigenvalue weighted by atomic mass is 10.1. The van der Waals surface area contributed by atoms with Crippen LogP contribution in [-0.4, -0.2) is 6.54 Å². The van der Waals surface area contributed by atoms with Crippen molar-refractivity contribution in [1.82, 2.24) is 0 Å². The first-order valence-electron chi connectivity index (χ1n) is 5.16. The molecule has 0 unspecified atom stereocenters. The lowest BCUT2D eigenvalue weighted by molar-refractivity contribution is 0.614. The summed E-state index contributed by atoms with van der Waals surface area (Å²) < 4.78 is 13.6. The fourth-order valence-electron chi connectivity index (χ4n) is 1.73. The number of rotatable bonds is 3. The third-order valence-corrected chi connectivity index (χ3v) is 2.68. The minimum absolute atomic E-state index is 0.326. The maximum atomic E-state index is 13.6. The minimum atomic E-state index is -0.337. The van der Waals surface area contributed by atoms with E-state index in [4.69, 9.17) is 11.6 Å². The van der Waals surface area contributed by atoms with E-state index in [2.05, 4.69) is 0 Å². The van der Waals surface area contributed by atoms with Crippen molar-refractivity contribution in [1.29, 1.82) is 0 Å². The molecule has 1 aromatic rings. The molecule has 1 aromatic carbocycles. The SMILES string of the molecule is Cc1cc(N)c(N(N)CC2CC2)c(F)c1. The summed E-state index contributed by atoms with van der Waals surface area (Å²) in [7, 11) is 0. The second-order valence-electron chi connectivity index (χ2n) is 4.28. The van der Waals surface area contributed by atoms with Gasteiger partial charge in [0.15, 0.2) is 0 Å². The first-order chi connectivity index (χ1) is 7.08. The highest BCUT2D eigenvalue weighted by Gasteiger charge is 2.25. The average Bonchev–Trinajstić information content (AvgIpc) is 2.85. The van der Waals surface area contributed by atoms with Crippen molar-refractivity contribution in [2.24, 2.45) is 11.8 Å². The smallest absolute Gasteiger partial charge is 0.150 e. The molecule has 1 aliphatic rings. The third kappa shape index (κ3) is 2.21. The monoisotopic (exact) mass is 209 g/mol. The first kappa shape index (κ1) is 10.2. The average molecular weight is 209 g/mol. The highest BCUT2D eigenvalue weighted by Crippen LogP contribution is 2.33. The molecule has 4 heteroatoms. The number of hydrogen-bond donors (Lipinski definition) is 2. The van der Waals surface area contributed by atoms with E-state index < -0.39 is 0 Å². The van der Waals surface area contributed by atoms with Crippen molar-refractivity contribution in [3.05, 3.63) is 23.5 Å². The zero-order valence-corrected chi connectivity index (χ0v) is 8.83. The van der Waals surface area contributed by atoms with E-state index in [1.54, 1.807) is 6.07 Å². The standard InChI is InChI=1S/C11H16FN3/c1-7-4-9(12)11(10(13)5-7)15(14)6-8-2-3-8/h4-5,8H,2-3,6,13-14H2,1H3. The van der Waals surface area contributed by atoms with Crippen LogP contribution in [0.25, 0.3) is 0 Å². The van der Waals surface area contributed by atoms with Crippen LogP contribution >= 0.6 is 0 Å². The van der Waals surface area contributed by atoms with Gasteiger partial charge >= 0.3 is 0 Å². The van der Waals surface area contributed by atoms with Crippen molar-refractivity contribution in [2.45, 2.75) is 19.8 Å². The molecular formula is C11H16FN3. The molecule has 0 aromatic heterocycles. The number of anilines is 2. The molecule has 4 N–H and O–H groups in total. The van der Waals surface area contributed by atoms with Crippen molar-refractivity contribution in [3.8, 4) is 0 Å². The zero-order valence-electron chi connectivity index (χ0n) is 8.83. The third-order valence-electron chi connectivity index (χ3n) is 2.68. The summed E-state index contributed by atoms with van der Waals surface area (Å²) in [6, 6.07) is 3.20. The maximum Gasteiger partial charge on any atom is 0.150 e. The molecule has 82 valence electrons. The van der Waals surface area contributed by atoms with Crippen LogP contribution in [0.5, 0.6) is 0 Å². The number of halogens is 1. The predicted octanol–water partition coefficient (Wildman–Crippen LogP) is 1.81. The number of nitrogens with two attached hydrogens (primary N) is 2. The largest absolute Gasteiger partial charge is 0.397 e. The van der Waals surface area contributed by atoms with Crippen LogP contribution in [0, 0.1) is 18.7 Å². The molecule has 1 aliphatic carbocycles. The molecule has 0 bridgehead atoms. The Labute approximate surface area is 88.8 Å². The molecule has 0 atom stereocenters. The van der Waals surface area contributed by atoms with E-state index in [-0.39, 0.29) is 5.82 Å². The van der Waals surface area contributed by atoms with E-state index in [0.29, 0.717) is 23.8 Å². The quantitative estimate of drug-likeness (QED) is 0.453. The Morgan fingerprint density at radius 1 is 1.47 bits per heavy atom. The zero-order chi connectivity index (χ0) is 11.0. The second-order valence-corrected chi connectivity index (χ2v) is 4.28. The van der Waals surface area contributed by atoms with Gasteiger partial charge in [-0.2, -0.15) is 0 Å². The molecule has 0 aliphatic heterocycles. The number of nitrogens with zero attached hydrogens (tertiary/aromatic N) is 1. The van der Waals surface area contributed by atoms with Crippen molar-refractivity contribution >= 4 is 11.4 Å². The van der Waals surface area contributed by atoms with E-state index in [1.165, 1.54) is 23.9 Å². The number of benzene rings is 1. The predicted molar refractivity (Wildman–Crippen MR) is 59.8 cm³/mol. The van der Waals surface area contributed by atoms with Crippen molar-refractivity contribution in [3.63, 3.8) is 0 Å². The maximum absolute atomic E-state index is 13.6. The van der Waals surface area contributed by atoms with Gasteiger partial charge < -0.3 is 10.7 Å². The molecular weight excluding hydrogens is 193 g/mol. The first-order valence-corrected chi connectivity index (χ1v) is 5.16. The van der Waals surface area contributed by atoms with Crippen LogP contribution in [0.4, 0.5) is 15.8 Å². The molecule has 0 amide bonds. The molecule has 1 saturated carbocycles. The van der Waals surface area contributed by atoms with Gasteiger partial charge in [0.2, 0.25) is 0 Å². The number of hydrazine groups is 1. The molecule has 0 saturated heterocycles. The van der Waals surface area contributed by atoms with Crippen LogP contribution in [0.3, 0.4) is 0 Å². The summed E-state index contributed by atoms with van der Waals surface area (Å²) in [6.45, 7) is 2.50. The van der Waals surface area contributed by atoms with Crippen LogP contribution < -0.4 is 16.6 Å². The van der Waals surface area contributed by atoms with E-state index >= 15 is 0 Å². The topological polar surface area (TPSA) is 55.3 Å². The molecule has 1 fully saturated rings. The van der Waals surface area contributed by atoms with Crippen LogP contribution in [0.2, 0.25) is 0 Å². The van der Waals surface area contributed by atoms with E-state index in [0.717, 1.165) is 5.56 Å². The van der Waals surface area contributed by atoms with Gasteiger partial charge in [-0.3, -0.25) is 0 Å². The fourth-order valence-corrected chi connectivity index (χ4v) is 1.73. The van der Waals surface area contributed by atoms with Crippen molar-refractivity contribution < 1.29 is 4.39 Å². The Balaban J connectivity index is 2.24. The molecule has 15 heavy (non-hydrogen) atoms. The van der Waals surface area contributed by atoms with Gasteiger partial charge in [0.05, 0.1) is 5.69 Å². The van der Waals surface area contributed by atoms with E-state index in [1.807, 2.05) is 6.92 Å². The van der Waals surface area contributed by atoms with Gasteiger partial charge in [-0.05, 0) is 43.4 Å². The summed E-state index contributed by atoms with van der Waals surface area (Å²) in [6.07, 6.45) is 2.36. The highest BCUT2D eigenvalue weighted by molar-refractivity contribution is 5.68. The molecule has 3 nitrogen and oxygen atoms in total. The summed E-state index contributed by atoms with van der Waals surface area (Å²) in [5.74, 6) is 6.07. The molecule has 2 rings (SSSR count). The molecule has 0 heterocycles. The molecule has 0 radical (unpaired) electrons. The van der Waals surface area contributed by atoms with Gasteiger partial charge in [0.1, 0.15) is 11.5 Å².